The van der Waals surface area contributed by atoms with Gasteiger partial charge >= 0.3 is 0 Å². The Balaban J connectivity index is 1.75. The zero-order chi connectivity index (χ0) is 25.1. The van der Waals surface area contributed by atoms with E-state index in [2.05, 4.69) is 30.8 Å². The van der Waals surface area contributed by atoms with Crippen LogP contribution in [0.3, 0.4) is 0 Å². The molecule has 0 aliphatic carbocycles. The van der Waals surface area contributed by atoms with E-state index in [1.54, 1.807) is 35.2 Å². The van der Waals surface area contributed by atoms with E-state index in [0.717, 1.165) is 12.0 Å². The fraction of sp³-hybridized carbons (Fsp3) is 0.462. The predicted molar refractivity (Wildman–Crippen MR) is 134 cm³/mol. The lowest BCUT2D eigenvalue weighted by Gasteiger charge is -2.24. The molecule has 2 aromatic rings. The molecule has 1 heterocycles. The van der Waals surface area contributed by atoms with E-state index < -0.39 is 16.1 Å². The predicted octanol–water partition coefficient (Wildman–Crippen LogP) is 4.16. The Hall–Kier alpha value is -2.87. The van der Waals surface area contributed by atoms with E-state index in [1.807, 2.05) is 26.0 Å². The summed E-state index contributed by atoms with van der Waals surface area (Å²) in [7, 11) is -3.82. The third-order valence-electron chi connectivity index (χ3n) is 5.89. The first-order valence-electron chi connectivity index (χ1n) is 11.7. The van der Waals surface area contributed by atoms with Crippen LogP contribution in [0.25, 0.3) is 0 Å². The van der Waals surface area contributed by atoms with Crippen molar-refractivity contribution in [3.8, 4) is 0 Å². The molecule has 34 heavy (non-hydrogen) atoms. The highest BCUT2D eigenvalue weighted by atomic mass is 32.2. The van der Waals surface area contributed by atoms with Crippen LogP contribution in [-0.4, -0.2) is 44.3 Å². The van der Waals surface area contributed by atoms with Crippen molar-refractivity contribution in [3.05, 3.63) is 59.7 Å². The number of amides is 2. The Morgan fingerprint density at radius 1 is 1.09 bits per heavy atom. The molecule has 0 aromatic heterocycles. The smallest absolute Gasteiger partial charge is 0.261 e. The summed E-state index contributed by atoms with van der Waals surface area (Å²) in [4.78, 5) is 27.5. The van der Waals surface area contributed by atoms with Gasteiger partial charge in [0.1, 0.15) is 6.04 Å². The van der Waals surface area contributed by atoms with E-state index in [-0.39, 0.29) is 22.1 Å². The molecule has 8 heteroatoms. The first-order chi connectivity index (χ1) is 15.9. The summed E-state index contributed by atoms with van der Waals surface area (Å²) < 4.78 is 28.4. The number of hydrogen-bond acceptors (Lipinski definition) is 4. The number of rotatable bonds is 7. The molecule has 1 aliphatic rings. The highest BCUT2D eigenvalue weighted by Crippen LogP contribution is 2.25. The molecular formula is C26H35N3O4S. The molecule has 184 valence electrons. The third kappa shape index (κ3) is 6.17. The molecule has 1 fully saturated rings. The van der Waals surface area contributed by atoms with Gasteiger partial charge in [0.25, 0.3) is 15.9 Å². The van der Waals surface area contributed by atoms with Gasteiger partial charge in [-0.1, -0.05) is 52.8 Å². The van der Waals surface area contributed by atoms with Crippen LogP contribution in [0, 0.1) is 5.92 Å². The molecule has 2 N–H and O–H groups in total. The van der Waals surface area contributed by atoms with Gasteiger partial charge in [0.2, 0.25) is 5.91 Å². The molecule has 1 atom stereocenters. The molecule has 1 unspecified atom stereocenters. The highest BCUT2D eigenvalue weighted by Gasteiger charge is 2.34. The van der Waals surface area contributed by atoms with Crippen LogP contribution < -0.4 is 10.0 Å². The largest absolute Gasteiger partial charge is 0.354 e. The van der Waals surface area contributed by atoms with Crippen molar-refractivity contribution in [2.24, 2.45) is 5.92 Å². The van der Waals surface area contributed by atoms with Crippen molar-refractivity contribution in [3.63, 3.8) is 0 Å². The van der Waals surface area contributed by atoms with Crippen LogP contribution in [-0.2, 0) is 20.2 Å². The summed E-state index contributed by atoms with van der Waals surface area (Å²) in [6.07, 6.45) is 1.37. The lowest BCUT2D eigenvalue weighted by Crippen LogP contribution is -2.46. The van der Waals surface area contributed by atoms with Crippen LogP contribution in [0.1, 0.15) is 63.4 Å². The van der Waals surface area contributed by atoms with E-state index in [0.29, 0.717) is 36.7 Å². The second-order valence-corrected chi connectivity index (χ2v) is 11.9. The van der Waals surface area contributed by atoms with Gasteiger partial charge in [0, 0.05) is 24.3 Å². The van der Waals surface area contributed by atoms with Crippen LogP contribution in [0.2, 0.25) is 0 Å². The number of likely N-dealkylation sites (tertiary alicyclic amines) is 1. The van der Waals surface area contributed by atoms with E-state index in [9.17, 15) is 18.0 Å². The number of carbonyl (C=O) groups excluding carboxylic acids is 2. The molecule has 2 amide bonds. The number of benzene rings is 2. The summed E-state index contributed by atoms with van der Waals surface area (Å²) in [6.45, 7) is 11.3. The Kier molecular flexibility index (Phi) is 7.70. The van der Waals surface area contributed by atoms with Crippen molar-refractivity contribution < 1.29 is 18.0 Å². The van der Waals surface area contributed by atoms with Gasteiger partial charge in [-0.15, -0.1) is 0 Å². The van der Waals surface area contributed by atoms with Crippen LogP contribution in [0.15, 0.2) is 53.4 Å². The Bertz CT molecular complexity index is 1140. The molecular weight excluding hydrogens is 450 g/mol. The van der Waals surface area contributed by atoms with Gasteiger partial charge in [0.15, 0.2) is 0 Å². The molecule has 0 bridgehead atoms. The van der Waals surface area contributed by atoms with E-state index in [4.69, 9.17) is 0 Å². The molecule has 1 aliphatic heterocycles. The zero-order valence-electron chi connectivity index (χ0n) is 20.6. The minimum absolute atomic E-state index is 0.0798. The quantitative estimate of drug-likeness (QED) is 0.616. The highest BCUT2D eigenvalue weighted by molar-refractivity contribution is 7.92. The van der Waals surface area contributed by atoms with Crippen molar-refractivity contribution in [1.82, 2.24) is 10.2 Å². The summed E-state index contributed by atoms with van der Waals surface area (Å²) in [6, 6.07) is 12.7. The summed E-state index contributed by atoms with van der Waals surface area (Å²) in [5, 5.41) is 2.91. The van der Waals surface area contributed by atoms with Gasteiger partial charge < -0.3 is 10.2 Å². The molecule has 0 saturated carbocycles. The van der Waals surface area contributed by atoms with Crippen LogP contribution in [0.5, 0.6) is 0 Å². The fourth-order valence-corrected chi connectivity index (χ4v) is 4.98. The van der Waals surface area contributed by atoms with E-state index in [1.165, 1.54) is 6.07 Å². The maximum absolute atomic E-state index is 13.2. The molecule has 0 radical (unpaired) electrons. The van der Waals surface area contributed by atoms with Crippen molar-refractivity contribution in [2.75, 3.05) is 17.8 Å². The van der Waals surface area contributed by atoms with Gasteiger partial charge in [-0.05, 0) is 60.1 Å². The number of anilines is 1. The normalized spacial score (nSPS) is 16.5. The monoisotopic (exact) mass is 485 g/mol. The topological polar surface area (TPSA) is 95.6 Å². The maximum atomic E-state index is 13.2. The molecule has 3 rings (SSSR count). The molecule has 1 saturated heterocycles. The summed E-state index contributed by atoms with van der Waals surface area (Å²) in [5.41, 5.74) is 1.60. The number of hydrogen-bond donors (Lipinski definition) is 2. The van der Waals surface area contributed by atoms with Crippen LogP contribution >= 0.6 is 0 Å². The average molecular weight is 486 g/mol. The number of carbonyl (C=O) groups is 2. The maximum Gasteiger partial charge on any atom is 0.261 e. The number of nitrogens with one attached hydrogen (secondary N) is 2. The second kappa shape index (κ2) is 10.2. The number of nitrogens with zero attached hydrogens (tertiary/aromatic N) is 1. The Labute approximate surface area is 203 Å². The van der Waals surface area contributed by atoms with Gasteiger partial charge in [-0.2, -0.15) is 0 Å². The molecule has 0 spiro atoms. The minimum Gasteiger partial charge on any atom is -0.354 e. The average Bonchev–Trinajstić information content (AvgIpc) is 3.26. The SMILES string of the molecule is CC(C)CNC(=O)C1CCCN1C(=O)c1cccc(NS(=O)(=O)c2ccc(C(C)(C)C)cc2)c1. The second-order valence-electron chi connectivity index (χ2n) is 10.3. The van der Waals surface area contributed by atoms with Crippen molar-refractivity contribution in [1.29, 1.82) is 0 Å². The number of sulfonamides is 1. The van der Waals surface area contributed by atoms with Crippen molar-refractivity contribution in [2.45, 2.75) is 63.8 Å². The van der Waals surface area contributed by atoms with Gasteiger partial charge in [-0.3, -0.25) is 14.3 Å². The lowest BCUT2D eigenvalue weighted by atomic mass is 9.87. The first kappa shape index (κ1) is 25.7. The standard InChI is InChI=1S/C26H35N3O4S/c1-18(2)17-27-24(30)23-10-7-15-29(23)25(31)19-8-6-9-21(16-19)28-34(32,33)22-13-11-20(12-14-22)26(3,4)5/h6,8-9,11-14,16,18,23,28H,7,10,15,17H2,1-5H3,(H,27,30). The van der Waals surface area contributed by atoms with Gasteiger partial charge in [0.05, 0.1) is 4.90 Å². The Morgan fingerprint density at radius 2 is 1.76 bits per heavy atom. The minimum atomic E-state index is -3.82. The van der Waals surface area contributed by atoms with Crippen molar-refractivity contribution >= 4 is 27.5 Å². The summed E-state index contributed by atoms with van der Waals surface area (Å²) >= 11 is 0. The zero-order valence-corrected chi connectivity index (χ0v) is 21.4. The lowest BCUT2D eigenvalue weighted by molar-refractivity contribution is -0.125. The Morgan fingerprint density at radius 3 is 2.38 bits per heavy atom. The van der Waals surface area contributed by atoms with Gasteiger partial charge in [-0.25, -0.2) is 8.42 Å². The molecule has 2 aromatic carbocycles. The van der Waals surface area contributed by atoms with E-state index >= 15 is 0 Å². The third-order valence-corrected chi connectivity index (χ3v) is 7.29. The first-order valence-corrected chi connectivity index (χ1v) is 13.2. The summed E-state index contributed by atoms with van der Waals surface area (Å²) in [5.74, 6) is -0.100. The molecule has 7 nitrogen and oxygen atoms in total. The van der Waals surface area contributed by atoms with Crippen LogP contribution in [0.4, 0.5) is 5.69 Å². The fourth-order valence-electron chi connectivity index (χ4n) is 3.93.